The van der Waals surface area contributed by atoms with Crippen molar-refractivity contribution in [2.75, 3.05) is 11.9 Å². The largest absolute Gasteiger partial charge is 0.480 e. The molecule has 16 heavy (non-hydrogen) atoms. The molecule has 0 spiro atoms. The van der Waals surface area contributed by atoms with Crippen molar-refractivity contribution in [2.45, 2.75) is 13.0 Å². The van der Waals surface area contributed by atoms with Gasteiger partial charge in [-0.3, -0.25) is 0 Å². The Morgan fingerprint density at radius 2 is 2.31 bits per heavy atom. The van der Waals surface area contributed by atoms with E-state index in [9.17, 15) is 4.79 Å². The SMILES string of the molecule is CC(C(=O)O)N(C)c1ccnc2scnc12. The van der Waals surface area contributed by atoms with E-state index in [0.29, 0.717) is 0 Å². The molecule has 84 valence electrons. The molecule has 2 aromatic rings. The van der Waals surface area contributed by atoms with Gasteiger partial charge in [0.25, 0.3) is 0 Å². The Balaban J connectivity index is 2.46. The van der Waals surface area contributed by atoms with Crippen LogP contribution in [-0.4, -0.2) is 34.1 Å². The molecule has 2 aromatic heterocycles. The first kappa shape index (κ1) is 10.8. The number of carboxylic acids is 1. The summed E-state index contributed by atoms with van der Waals surface area (Å²) in [5.74, 6) is -0.859. The molecule has 0 bridgehead atoms. The number of aliphatic carboxylic acids is 1. The molecule has 6 heteroatoms. The number of hydrogen-bond acceptors (Lipinski definition) is 5. The molecular weight excluding hydrogens is 226 g/mol. The third-order valence-electron chi connectivity index (χ3n) is 2.53. The molecular formula is C10H11N3O2S. The lowest BCUT2D eigenvalue weighted by Gasteiger charge is -2.23. The molecule has 2 heterocycles. The molecule has 0 saturated carbocycles. The monoisotopic (exact) mass is 237 g/mol. The van der Waals surface area contributed by atoms with Gasteiger partial charge in [0.15, 0.2) is 0 Å². The summed E-state index contributed by atoms with van der Waals surface area (Å²) < 4.78 is 0. The second kappa shape index (κ2) is 4.05. The number of rotatable bonds is 3. The van der Waals surface area contributed by atoms with Crippen LogP contribution in [0.5, 0.6) is 0 Å². The normalized spacial score (nSPS) is 12.6. The summed E-state index contributed by atoms with van der Waals surface area (Å²) in [6.45, 7) is 1.64. The first-order valence-electron chi connectivity index (χ1n) is 4.75. The van der Waals surface area contributed by atoms with E-state index >= 15 is 0 Å². The number of nitrogens with zero attached hydrogens (tertiary/aromatic N) is 3. The molecule has 1 unspecified atom stereocenters. The van der Waals surface area contributed by atoms with Crippen LogP contribution in [0.25, 0.3) is 10.3 Å². The van der Waals surface area contributed by atoms with E-state index in [2.05, 4.69) is 9.97 Å². The van der Waals surface area contributed by atoms with Crippen LogP contribution in [0.2, 0.25) is 0 Å². The number of aromatic nitrogens is 2. The maximum absolute atomic E-state index is 10.9. The number of carboxylic acid groups (broad SMARTS) is 1. The van der Waals surface area contributed by atoms with Crippen molar-refractivity contribution >= 4 is 33.3 Å². The first-order valence-corrected chi connectivity index (χ1v) is 5.63. The van der Waals surface area contributed by atoms with Crippen LogP contribution in [0.1, 0.15) is 6.92 Å². The van der Waals surface area contributed by atoms with Gasteiger partial charge in [0, 0.05) is 13.2 Å². The van der Waals surface area contributed by atoms with Crippen LogP contribution in [-0.2, 0) is 4.79 Å². The Morgan fingerprint density at radius 3 is 3.00 bits per heavy atom. The zero-order valence-corrected chi connectivity index (χ0v) is 9.73. The quantitative estimate of drug-likeness (QED) is 0.878. The van der Waals surface area contributed by atoms with E-state index in [1.165, 1.54) is 11.3 Å². The third kappa shape index (κ3) is 1.71. The van der Waals surface area contributed by atoms with Gasteiger partial charge in [0.2, 0.25) is 0 Å². The second-order valence-corrected chi connectivity index (χ2v) is 4.29. The summed E-state index contributed by atoms with van der Waals surface area (Å²) in [6, 6.07) is 1.19. The molecule has 2 rings (SSSR count). The topological polar surface area (TPSA) is 66.3 Å². The summed E-state index contributed by atoms with van der Waals surface area (Å²) in [7, 11) is 1.74. The minimum Gasteiger partial charge on any atom is -0.480 e. The molecule has 0 amide bonds. The van der Waals surface area contributed by atoms with Gasteiger partial charge in [0.1, 0.15) is 16.4 Å². The smallest absolute Gasteiger partial charge is 0.326 e. The molecule has 0 radical (unpaired) electrons. The number of pyridine rings is 1. The lowest BCUT2D eigenvalue weighted by Crippen LogP contribution is -2.35. The van der Waals surface area contributed by atoms with Crippen LogP contribution in [0, 0.1) is 0 Å². The predicted molar refractivity (Wildman–Crippen MR) is 62.9 cm³/mol. The fraction of sp³-hybridized carbons (Fsp3) is 0.300. The number of carbonyl (C=O) groups is 1. The summed E-state index contributed by atoms with van der Waals surface area (Å²) >= 11 is 1.44. The predicted octanol–water partition coefficient (Wildman–Crippen LogP) is 1.60. The van der Waals surface area contributed by atoms with Crippen molar-refractivity contribution in [3.63, 3.8) is 0 Å². The van der Waals surface area contributed by atoms with Gasteiger partial charge in [-0.2, -0.15) is 0 Å². The summed E-state index contributed by atoms with van der Waals surface area (Å²) in [5.41, 5.74) is 3.25. The molecule has 1 N–H and O–H groups in total. The zero-order chi connectivity index (χ0) is 11.7. The minimum absolute atomic E-state index is 0.590. The van der Waals surface area contributed by atoms with Crippen LogP contribution < -0.4 is 4.90 Å². The van der Waals surface area contributed by atoms with E-state index in [-0.39, 0.29) is 0 Å². The lowest BCUT2D eigenvalue weighted by atomic mass is 10.2. The van der Waals surface area contributed by atoms with Gasteiger partial charge < -0.3 is 10.0 Å². The molecule has 0 aromatic carbocycles. The Bertz CT molecular complexity index is 526. The molecule has 1 atom stereocenters. The molecule has 0 saturated heterocycles. The van der Waals surface area contributed by atoms with Crippen molar-refractivity contribution in [1.82, 2.24) is 9.97 Å². The Hall–Kier alpha value is -1.69. The molecule has 0 aliphatic heterocycles. The van der Waals surface area contributed by atoms with E-state index < -0.39 is 12.0 Å². The Labute approximate surface area is 96.4 Å². The second-order valence-electron chi connectivity index (χ2n) is 3.46. The summed E-state index contributed by atoms with van der Waals surface area (Å²) in [5, 5.41) is 8.96. The van der Waals surface area contributed by atoms with Gasteiger partial charge in [-0.15, -0.1) is 11.3 Å². The average molecular weight is 237 g/mol. The Morgan fingerprint density at radius 1 is 1.56 bits per heavy atom. The average Bonchev–Trinajstić information content (AvgIpc) is 2.74. The fourth-order valence-electron chi connectivity index (χ4n) is 1.42. The zero-order valence-electron chi connectivity index (χ0n) is 8.91. The number of fused-ring (bicyclic) bond motifs is 1. The van der Waals surface area contributed by atoms with Crippen LogP contribution in [0.15, 0.2) is 17.8 Å². The minimum atomic E-state index is -0.859. The van der Waals surface area contributed by atoms with Crippen molar-refractivity contribution < 1.29 is 9.90 Å². The number of thiazole rings is 1. The maximum Gasteiger partial charge on any atom is 0.326 e. The summed E-state index contributed by atoms with van der Waals surface area (Å²) in [4.78, 5) is 21.8. The molecule has 5 nitrogen and oxygen atoms in total. The molecule has 0 fully saturated rings. The highest BCUT2D eigenvalue weighted by atomic mass is 32.1. The highest BCUT2D eigenvalue weighted by Crippen LogP contribution is 2.26. The molecule has 0 aliphatic rings. The van der Waals surface area contributed by atoms with Gasteiger partial charge in [-0.1, -0.05) is 0 Å². The van der Waals surface area contributed by atoms with Gasteiger partial charge in [-0.05, 0) is 13.0 Å². The van der Waals surface area contributed by atoms with Crippen molar-refractivity contribution in [3.8, 4) is 0 Å². The maximum atomic E-state index is 10.9. The van der Waals surface area contributed by atoms with Crippen LogP contribution in [0.3, 0.4) is 0 Å². The van der Waals surface area contributed by atoms with Crippen LogP contribution in [0.4, 0.5) is 5.69 Å². The fourth-order valence-corrected chi connectivity index (χ4v) is 2.07. The van der Waals surface area contributed by atoms with E-state index in [4.69, 9.17) is 5.11 Å². The standard InChI is InChI=1S/C10H11N3O2S/c1-6(10(14)15)13(2)7-3-4-11-9-8(7)12-5-16-9/h3-6H,1-2H3,(H,14,15). The van der Waals surface area contributed by atoms with E-state index in [0.717, 1.165) is 16.0 Å². The van der Waals surface area contributed by atoms with Gasteiger partial charge in [-0.25, -0.2) is 14.8 Å². The number of hydrogen-bond donors (Lipinski definition) is 1. The summed E-state index contributed by atoms with van der Waals surface area (Å²) in [6.07, 6.45) is 1.67. The van der Waals surface area contributed by atoms with Crippen molar-refractivity contribution in [1.29, 1.82) is 0 Å². The van der Waals surface area contributed by atoms with Gasteiger partial charge >= 0.3 is 5.97 Å². The number of anilines is 1. The number of likely N-dealkylation sites (N-methyl/N-ethyl adjacent to an activating group) is 1. The van der Waals surface area contributed by atoms with Crippen molar-refractivity contribution in [2.24, 2.45) is 0 Å². The van der Waals surface area contributed by atoms with E-state index in [1.807, 2.05) is 0 Å². The van der Waals surface area contributed by atoms with Crippen LogP contribution >= 0.6 is 11.3 Å². The molecule has 0 aliphatic carbocycles. The highest BCUT2D eigenvalue weighted by molar-refractivity contribution is 7.16. The van der Waals surface area contributed by atoms with E-state index in [1.54, 1.807) is 36.6 Å². The highest BCUT2D eigenvalue weighted by Gasteiger charge is 2.19. The van der Waals surface area contributed by atoms with Gasteiger partial charge in [0.05, 0.1) is 11.2 Å². The Kier molecular flexibility index (Phi) is 2.74. The lowest BCUT2D eigenvalue weighted by molar-refractivity contribution is -0.138. The third-order valence-corrected chi connectivity index (χ3v) is 3.27. The first-order chi connectivity index (χ1) is 7.61. The van der Waals surface area contributed by atoms with Crippen molar-refractivity contribution in [3.05, 3.63) is 17.8 Å².